The Morgan fingerprint density at radius 1 is 1.35 bits per heavy atom. The topological polar surface area (TPSA) is 102 Å². The molecule has 1 saturated carbocycles. The molecule has 20 heavy (non-hydrogen) atoms. The highest BCUT2D eigenvalue weighted by Gasteiger charge is 2.36. The number of carboxylic acid groups (broad SMARTS) is 1. The number of carboxylic acids is 1. The summed E-state index contributed by atoms with van der Waals surface area (Å²) in [6.45, 7) is 0.571. The summed E-state index contributed by atoms with van der Waals surface area (Å²) < 4.78 is 4.93. The van der Waals surface area contributed by atoms with Crippen molar-refractivity contribution in [3.05, 3.63) is 0 Å². The standard InChI is InChI=1S/C14H26N2O4/c1-20-9-5-6-11(15)13(19)16-14(10-12(17)18)7-3-2-4-8-14/h11H,2-10,15H2,1H3,(H,16,19)(H,17,18). The van der Waals surface area contributed by atoms with Crippen LogP contribution in [0, 0.1) is 0 Å². The van der Waals surface area contributed by atoms with E-state index in [1.807, 2.05) is 0 Å². The molecular formula is C14H26N2O4. The van der Waals surface area contributed by atoms with Gasteiger partial charge >= 0.3 is 5.97 Å². The summed E-state index contributed by atoms with van der Waals surface area (Å²) in [5.41, 5.74) is 5.24. The lowest BCUT2D eigenvalue weighted by Crippen LogP contribution is -2.55. The van der Waals surface area contributed by atoms with E-state index in [4.69, 9.17) is 15.6 Å². The minimum absolute atomic E-state index is 0.0243. The van der Waals surface area contributed by atoms with E-state index in [1.165, 1.54) is 0 Å². The van der Waals surface area contributed by atoms with Crippen molar-refractivity contribution in [3.63, 3.8) is 0 Å². The molecule has 6 heteroatoms. The normalized spacial score (nSPS) is 19.3. The molecule has 1 aliphatic rings. The van der Waals surface area contributed by atoms with Crippen LogP contribution in [0.15, 0.2) is 0 Å². The second kappa shape index (κ2) is 8.21. The Morgan fingerprint density at radius 2 is 2.00 bits per heavy atom. The molecule has 0 aromatic carbocycles. The number of ether oxygens (including phenoxy) is 1. The van der Waals surface area contributed by atoms with E-state index in [0.717, 1.165) is 38.5 Å². The first-order chi connectivity index (χ1) is 9.49. The van der Waals surface area contributed by atoms with Crippen LogP contribution in [0.3, 0.4) is 0 Å². The van der Waals surface area contributed by atoms with Crippen molar-refractivity contribution in [1.29, 1.82) is 0 Å². The molecule has 0 heterocycles. The van der Waals surface area contributed by atoms with Gasteiger partial charge in [-0.2, -0.15) is 0 Å². The van der Waals surface area contributed by atoms with Crippen molar-refractivity contribution in [2.24, 2.45) is 5.73 Å². The Bertz CT molecular complexity index is 327. The summed E-state index contributed by atoms with van der Waals surface area (Å²) in [5.74, 6) is -1.12. The van der Waals surface area contributed by atoms with Gasteiger partial charge in [-0.05, 0) is 25.7 Å². The van der Waals surface area contributed by atoms with Crippen molar-refractivity contribution in [1.82, 2.24) is 5.32 Å². The van der Waals surface area contributed by atoms with E-state index >= 15 is 0 Å². The predicted octanol–water partition coefficient (Wildman–Crippen LogP) is 1.03. The van der Waals surface area contributed by atoms with Gasteiger partial charge in [0.2, 0.25) is 5.91 Å². The number of amides is 1. The molecule has 6 nitrogen and oxygen atoms in total. The first kappa shape index (κ1) is 16.9. The number of nitrogens with two attached hydrogens (primary N) is 1. The molecule has 1 atom stereocenters. The zero-order valence-electron chi connectivity index (χ0n) is 12.2. The Hall–Kier alpha value is -1.14. The fraction of sp³-hybridized carbons (Fsp3) is 0.857. The Morgan fingerprint density at radius 3 is 2.55 bits per heavy atom. The zero-order chi connectivity index (χ0) is 15.0. The van der Waals surface area contributed by atoms with Gasteiger partial charge in [0.25, 0.3) is 0 Å². The molecule has 0 aromatic heterocycles. The average Bonchev–Trinajstić information content (AvgIpc) is 2.38. The molecule has 1 rings (SSSR count). The molecule has 1 aliphatic carbocycles. The minimum atomic E-state index is -0.875. The van der Waals surface area contributed by atoms with Crippen LogP contribution >= 0.6 is 0 Å². The van der Waals surface area contributed by atoms with Gasteiger partial charge < -0.3 is 20.9 Å². The van der Waals surface area contributed by atoms with Crippen molar-refractivity contribution in [2.45, 2.75) is 62.9 Å². The van der Waals surface area contributed by atoms with Crippen LogP contribution in [0.5, 0.6) is 0 Å². The lowest BCUT2D eigenvalue weighted by molar-refractivity contribution is -0.139. The fourth-order valence-corrected chi connectivity index (χ4v) is 2.80. The van der Waals surface area contributed by atoms with Gasteiger partial charge in [-0.1, -0.05) is 19.3 Å². The molecule has 0 bridgehead atoms. The lowest BCUT2D eigenvalue weighted by atomic mass is 9.79. The Labute approximate surface area is 120 Å². The fourth-order valence-electron chi connectivity index (χ4n) is 2.80. The largest absolute Gasteiger partial charge is 0.481 e. The molecular weight excluding hydrogens is 260 g/mol. The summed E-state index contributed by atoms with van der Waals surface area (Å²) in [6.07, 6.45) is 5.67. The van der Waals surface area contributed by atoms with Gasteiger partial charge in [-0.3, -0.25) is 9.59 Å². The molecule has 0 spiro atoms. The Balaban J connectivity index is 2.55. The molecule has 0 aliphatic heterocycles. The number of carbonyl (C=O) groups is 2. The van der Waals surface area contributed by atoms with E-state index in [1.54, 1.807) is 7.11 Å². The zero-order valence-corrected chi connectivity index (χ0v) is 12.2. The highest BCUT2D eigenvalue weighted by Crippen LogP contribution is 2.31. The van der Waals surface area contributed by atoms with Crippen LogP contribution in [0.4, 0.5) is 0 Å². The van der Waals surface area contributed by atoms with Crippen molar-refractivity contribution >= 4 is 11.9 Å². The van der Waals surface area contributed by atoms with Gasteiger partial charge in [0, 0.05) is 13.7 Å². The maximum absolute atomic E-state index is 12.1. The number of hydrogen-bond acceptors (Lipinski definition) is 4. The summed E-state index contributed by atoms with van der Waals surface area (Å²) in [6, 6.07) is -0.599. The maximum atomic E-state index is 12.1. The Kier molecular flexibility index (Phi) is 6.95. The SMILES string of the molecule is COCCCC(N)C(=O)NC1(CC(=O)O)CCCCC1. The van der Waals surface area contributed by atoms with Crippen LogP contribution in [0.2, 0.25) is 0 Å². The van der Waals surface area contributed by atoms with Crippen LogP contribution in [0.25, 0.3) is 0 Å². The van der Waals surface area contributed by atoms with Crippen LogP contribution in [-0.2, 0) is 14.3 Å². The first-order valence-corrected chi connectivity index (χ1v) is 7.27. The van der Waals surface area contributed by atoms with Crippen LogP contribution < -0.4 is 11.1 Å². The molecule has 1 amide bonds. The quantitative estimate of drug-likeness (QED) is 0.579. The van der Waals surface area contributed by atoms with E-state index in [2.05, 4.69) is 5.32 Å². The lowest BCUT2D eigenvalue weighted by Gasteiger charge is -2.37. The van der Waals surface area contributed by atoms with E-state index in [-0.39, 0.29) is 12.3 Å². The third kappa shape index (κ3) is 5.46. The van der Waals surface area contributed by atoms with Gasteiger partial charge in [0.1, 0.15) is 0 Å². The second-order valence-electron chi connectivity index (χ2n) is 5.64. The number of nitrogens with one attached hydrogen (secondary N) is 1. The summed E-state index contributed by atoms with van der Waals surface area (Å²) >= 11 is 0. The van der Waals surface area contributed by atoms with E-state index < -0.39 is 17.6 Å². The van der Waals surface area contributed by atoms with Gasteiger partial charge in [0.05, 0.1) is 18.0 Å². The molecule has 116 valence electrons. The van der Waals surface area contributed by atoms with Gasteiger partial charge in [0.15, 0.2) is 0 Å². The van der Waals surface area contributed by atoms with Crippen molar-refractivity contribution < 1.29 is 19.4 Å². The van der Waals surface area contributed by atoms with Crippen molar-refractivity contribution in [2.75, 3.05) is 13.7 Å². The first-order valence-electron chi connectivity index (χ1n) is 7.27. The highest BCUT2D eigenvalue weighted by atomic mass is 16.5. The molecule has 0 aromatic rings. The molecule has 0 radical (unpaired) electrons. The van der Waals surface area contributed by atoms with Crippen molar-refractivity contribution in [3.8, 4) is 0 Å². The molecule has 1 unspecified atom stereocenters. The smallest absolute Gasteiger partial charge is 0.305 e. The number of hydrogen-bond donors (Lipinski definition) is 3. The maximum Gasteiger partial charge on any atom is 0.305 e. The summed E-state index contributed by atoms with van der Waals surface area (Å²) in [4.78, 5) is 23.2. The molecule has 1 fully saturated rings. The second-order valence-corrected chi connectivity index (χ2v) is 5.64. The number of carbonyl (C=O) groups excluding carboxylic acids is 1. The summed E-state index contributed by atoms with van der Waals surface area (Å²) in [5, 5.41) is 12.0. The summed E-state index contributed by atoms with van der Waals surface area (Å²) in [7, 11) is 1.61. The average molecular weight is 286 g/mol. The van der Waals surface area contributed by atoms with Crippen LogP contribution in [0.1, 0.15) is 51.4 Å². The monoisotopic (exact) mass is 286 g/mol. The minimum Gasteiger partial charge on any atom is -0.481 e. The number of methoxy groups -OCH3 is 1. The third-order valence-corrected chi connectivity index (χ3v) is 3.89. The third-order valence-electron chi connectivity index (χ3n) is 3.89. The molecule has 0 saturated heterocycles. The van der Waals surface area contributed by atoms with Crippen LogP contribution in [-0.4, -0.2) is 42.3 Å². The van der Waals surface area contributed by atoms with E-state index in [9.17, 15) is 9.59 Å². The number of aliphatic carboxylic acids is 1. The van der Waals surface area contributed by atoms with Gasteiger partial charge in [-0.15, -0.1) is 0 Å². The highest BCUT2D eigenvalue weighted by molar-refractivity contribution is 5.83. The molecule has 4 N–H and O–H groups in total. The predicted molar refractivity (Wildman–Crippen MR) is 75.3 cm³/mol. The number of rotatable bonds is 8. The van der Waals surface area contributed by atoms with Gasteiger partial charge in [-0.25, -0.2) is 0 Å². The van der Waals surface area contributed by atoms with E-state index in [0.29, 0.717) is 13.0 Å².